The molecule has 2 heterocycles. The van der Waals surface area contributed by atoms with Crippen LogP contribution in [0, 0.1) is 5.82 Å². The summed E-state index contributed by atoms with van der Waals surface area (Å²) < 4.78 is 14.2. The number of thiophene rings is 1. The van der Waals surface area contributed by atoms with Gasteiger partial charge in [-0.05, 0) is 29.8 Å². The van der Waals surface area contributed by atoms with E-state index in [2.05, 4.69) is 10.2 Å². The number of nitrogens with one attached hydrogen (secondary N) is 1. The Morgan fingerprint density at radius 3 is 2.45 bits per heavy atom. The van der Waals surface area contributed by atoms with Crippen molar-refractivity contribution < 1.29 is 4.39 Å². The number of rotatable bonds is 3. The van der Waals surface area contributed by atoms with E-state index in [1.165, 1.54) is 6.07 Å². The van der Waals surface area contributed by atoms with Crippen LogP contribution in [0.5, 0.6) is 0 Å². The summed E-state index contributed by atoms with van der Waals surface area (Å²) in [6.07, 6.45) is 0. The normalized spacial score (nSPS) is 17.0. The Labute approximate surface area is 149 Å². The molecule has 0 unspecified atom stereocenters. The molecule has 120 valence electrons. The van der Waals surface area contributed by atoms with E-state index in [0.717, 1.165) is 41.0 Å². The van der Waals surface area contributed by atoms with Gasteiger partial charge < -0.3 is 5.32 Å². The second-order valence-electron chi connectivity index (χ2n) is 5.00. The minimum atomic E-state index is -0.385. The third-order valence-electron chi connectivity index (χ3n) is 3.64. The minimum absolute atomic E-state index is 0. The van der Waals surface area contributed by atoms with E-state index in [0.29, 0.717) is 0 Å². The lowest BCUT2D eigenvalue weighted by Gasteiger charge is -2.34. The van der Waals surface area contributed by atoms with E-state index in [1.54, 1.807) is 17.4 Å². The lowest BCUT2D eigenvalue weighted by atomic mass is 10.0. The van der Waals surface area contributed by atoms with Crippen molar-refractivity contribution in [2.24, 2.45) is 0 Å². The number of hydrogen-bond acceptors (Lipinski definition) is 3. The fourth-order valence-electron chi connectivity index (χ4n) is 2.65. The van der Waals surface area contributed by atoms with E-state index in [4.69, 9.17) is 23.2 Å². The molecule has 1 saturated heterocycles. The van der Waals surface area contributed by atoms with Gasteiger partial charge >= 0.3 is 0 Å². The van der Waals surface area contributed by atoms with E-state index in [9.17, 15) is 4.39 Å². The van der Waals surface area contributed by atoms with Gasteiger partial charge in [-0.1, -0.05) is 29.3 Å². The van der Waals surface area contributed by atoms with Crippen LogP contribution < -0.4 is 5.32 Å². The lowest BCUT2D eigenvalue weighted by Crippen LogP contribution is -2.45. The average Bonchev–Trinajstić information content (AvgIpc) is 2.90. The Balaban J connectivity index is 0.00000176. The van der Waals surface area contributed by atoms with Crippen LogP contribution in [0.25, 0.3) is 0 Å². The zero-order chi connectivity index (χ0) is 14.8. The molecular formula is C15H16Cl3FN2S. The fourth-order valence-corrected chi connectivity index (χ4v) is 4.07. The van der Waals surface area contributed by atoms with Crippen LogP contribution in [0.2, 0.25) is 9.36 Å². The van der Waals surface area contributed by atoms with Crippen molar-refractivity contribution in [3.8, 4) is 0 Å². The first-order valence-electron chi connectivity index (χ1n) is 6.80. The van der Waals surface area contributed by atoms with Gasteiger partial charge in [-0.3, -0.25) is 4.90 Å². The van der Waals surface area contributed by atoms with Crippen LogP contribution in [0.3, 0.4) is 0 Å². The molecule has 0 saturated carbocycles. The van der Waals surface area contributed by atoms with Crippen molar-refractivity contribution in [1.29, 1.82) is 0 Å². The van der Waals surface area contributed by atoms with Crippen LogP contribution in [-0.4, -0.2) is 31.1 Å². The van der Waals surface area contributed by atoms with Crippen molar-refractivity contribution in [2.75, 3.05) is 26.2 Å². The predicted molar refractivity (Wildman–Crippen MR) is 94.3 cm³/mol. The predicted octanol–water partition coefficient (Wildman–Crippen LogP) is 4.61. The summed E-state index contributed by atoms with van der Waals surface area (Å²) in [5.41, 5.74) is 1.00. The van der Waals surface area contributed by atoms with Gasteiger partial charge in [0.2, 0.25) is 0 Å². The molecule has 1 aromatic heterocycles. The van der Waals surface area contributed by atoms with Gasteiger partial charge in [-0.2, -0.15) is 0 Å². The minimum Gasteiger partial charge on any atom is -0.314 e. The summed E-state index contributed by atoms with van der Waals surface area (Å²) in [4.78, 5) is 3.53. The lowest BCUT2D eigenvalue weighted by molar-refractivity contribution is 0.200. The smallest absolute Gasteiger partial charge is 0.141 e. The summed E-state index contributed by atoms with van der Waals surface area (Å²) in [6.45, 7) is 3.78. The maximum Gasteiger partial charge on any atom is 0.141 e. The molecule has 1 fully saturated rings. The Morgan fingerprint density at radius 2 is 1.86 bits per heavy atom. The highest BCUT2D eigenvalue weighted by atomic mass is 35.5. The van der Waals surface area contributed by atoms with E-state index < -0.39 is 0 Å². The van der Waals surface area contributed by atoms with Crippen LogP contribution in [0.4, 0.5) is 4.39 Å². The molecule has 1 aliphatic heterocycles. The van der Waals surface area contributed by atoms with Gasteiger partial charge in [0, 0.05) is 31.1 Å². The summed E-state index contributed by atoms with van der Waals surface area (Å²) in [7, 11) is 0. The molecule has 7 heteroatoms. The molecular weight excluding hydrogens is 366 g/mol. The van der Waals surface area contributed by atoms with E-state index in [1.807, 2.05) is 18.2 Å². The first kappa shape index (κ1) is 18.0. The monoisotopic (exact) mass is 380 g/mol. The van der Waals surface area contributed by atoms with E-state index in [-0.39, 0.29) is 29.3 Å². The molecule has 2 aromatic rings. The highest BCUT2D eigenvalue weighted by Crippen LogP contribution is 2.36. The topological polar surface area (TPSA) is 15.3 Å². The van der Waals surface area contributed by atoms with Crippen LogP contribution in [0.1, 0.15) is 16.5 Å². The average molecular weight is 382 g/mol. The SMILES string of the molecule is Cl.Fc1ccc([C@@H](c2ccc(Cl)s2)N2CCNCC2)cc1Cl. The zero-order valence-electron chi connectivity index (χ0n) is 11.7. The molecule has 3 rings (SSSR count). The van der Waals surface area contributed by atoms with Crippen LogP contribution >= 0.6 is 46.9 Å². The number of piperazine rings is 1. The molecule has 1 aliphatic rings. The Hall–Kier alpha value is -0.360. The molecule has 0 amide bonds. The fraction of sp³-hybridized carbons (Fsp3) is 0.333. The van der Waals surface area contributed by atoms with Gasteiger partial charge in [-0.25, -0.2) is 4.39 Å². The van der Waals surface area contributed by atoms with Gasteiger partial charge in [0.15, 0.2) is 0 Å². The molecule has 1 aromatic carbocycles. The molecule has 1 N–H and O–H groups in total. The summed E-state index contributed by atoms with van der Waals surface area (Å²) in [5.74, 6) is -0.385. The highest BCUT2D eigenvalue weighted by Gasteiger charge is 2.25. The maximum atomic E-state index is 13.4. The Kier molecular flexibility index (Phi) is 6.50. The zero-order valence-corrected chi connectivity index (χ0v) is 14.8. The largest absolute Gasteiger partial charge is 0.314 e. The van der Waals surface area contributed by atoms with Crippen LogP contribution in [0.15, 0.2) is 30.3 Å². The second-order valence-corrected chi connectivity index (χ2v) is 7.16. The molecule has 0 radical (unpaired) electrons. The first-order chi connectivity index (χ1) is 10.1. The van der Waals surface area contributed by atoms with Crippen molar-refractivity contribution in [1.82, 2.24) is 10.2 Å². The third-order valence-corrected chi connectivity index (χ3v) is 5.21. The van der Waals surface area contributed by atoms with Crippen molar-refractivity contribution >= 4 is 46.9 Å². The number of hydrogen-bond donors (Lipinski definition) is 1. The molecule has 0 aliphatic carbocycles. The van der Waals surface area contributed by atoms with Crippen molar-refractivity contribution in [3.63, 3.8) is 0 Å². The van der Waals surface area contributed by atoms with Crippen molar-refractivity contribution in [3.05, 3.63) is 55.9 Å². The summed E-state index contributed by atoms with van der Waals surface area (Å²) in [5, 5.41) is 3.51. The molecule has 22 heavy (non-hydrogen) atoms. The Bertz CT molecular complexity index is 629. The number of benzene rings is 1. The second kappa shape index (κ2) is 7.95. The summed E-state index contributed by atoms with van der Waals surface area (Å²) in [6, 6.07) is 8.97. The summed E-state index contributed by atoms with van der Waals surface area (Å²) >= 11 is 13.6. The quantitative estimate of drug-likeness (QED) is 0.835. The standard InChI is InChI=1S/C15H15Cl2FN2S.ClH/c16-11-9-10(1-2-12(11)18)15(13-3-4-14(17)21-13)20-7-5-19-6-8-20;/h1-4,9,15,19H,5-8H2;1H/t15-;/m0./s1. The van der Waals surface area contributed by atoms with E-state index >= 15 is 0 Å². The van der Waals surface area contributed by atoms with Gasteiger partial charge in [0.05, 0.1) is 15.4 Å². The molecule has 0 bridgehead atoms. The van der Waals surface area contributed by atoms with Gasteiger partial charge in [0.1, 0.15) is 5.82 Å². The van der Waals surface area contributed by atoms with Crippen LogP contribution in [-0.2, 0) is 0 Å². The first-order valence-corrected chi connectivity index (χ1v) is 8.37. The highest BCUT2D eigenvalue weighted by molar-refractivity contribution is 7.16. The number of halogens is 4. The molecule has 2 nitrogen and oxygen atoms in total. The Morgan fingerprint density at radius 1 is 1.14 bits per heavy atom. The number of nitrogens with zero attached hydrogens (tertiary/aromatic N) is 1. The molecule has 1 atom stereocenters. The molecule has 0 spiro atoms. The maximum absolute atomic E-state index is 13.4. The third kappa shape index (κ3) is 3.94. The van der Waals surface area contributed by atoms with Gasteiger partial charge in [-0.15, -0.1) is 23.7 Å². The van der Waals surface area contributed by atoms with Gasteiger partial charge in [0.25, 0.3) is 0 Å². The van der Waals surface area contributed by atoms with Crippen molar-refractivity contribution in [2.45, 2.75) is 6.04 Å².